The number of hydrogen-bond acceptors (Lipinski definition) is 4. The summed E-state index contributed by atoms with van der Waals surface area (Å²) in [4.78, 5) is 4.84. The van der Waals surface area contributed by atoms with E-state index in [0.29, 0.717) is 19.2 Å². The zero-order valence-corrected chi connectivity index (χ0v) is 13.0. The second-order valence-electron chi connectivity index (χ2n) is 6.00. The van der Waals surface area contributed by atoms with Crippen molar-refractivity contribution in [2.24, 2.45) is 0 Å². The van der Waals surface area contributed by atoms with Crippen LogP contribution in [-0.4, -0.2) is 65.4 Å². The average Bonchev–Trinajstić information content (AvgIpc) is 2.51. The maximum Gasteiger partial charge on any atom is 0.0917 e. The zero-order chi connectivity index (χ0) is 15.1. The third-order valence-corrected chi connectivity index (χ3v) is 4.32. The van der Waals surface area contributed by atoms with Crippen LogP contribution in [0.1, 0.15) is 31.4 Å². The molecule has 1 aliphatic heterocycles. The van der Waals surface area contributed by atoms with Crippen molar-refractivity contribution < 1.29 is 10.2 Å². The van der Waals surface area contributed by atoms with Gasteiger partial charge in [-0.05, 0) is 31.9 Å². The van der Waals surface area contributed by atoms with Crippen LogP contribution in [0.2, 0.25) is 0 Å². The molecule has 0 spiro atoms. The van der Waals surface area contributed by atoms with Crippen LogP contribution in [0.3, 0.4) is 0 Å². The third-order valence-electron chi connectivity index (χ3n) is 4.32. The topological polar surface area (TPSA) is 46.9 Å². The molecule has 4 nitrogen and oxygen atoms in total. The van der Waals surface area contributed by atoms with E-state index in [1.54, 1.807) is 0 Å². The molecule has 0 saturated carbocycles. The average molecular weight is 292 g/mol. The lowest BCUT2D eigenvalue weighted by molar-refractivity contribution is 0.0380. The van der Waals surface area contributed by atoms with Crippen LogP contribution >= 0.6 is 0 Å². The molecular weight excluding hydrogens is 264 g/mol. The van der Waals surface area contributed by atoms with E-state index in [2.05, 4.69) is 16.7 Å². The number of hydrogen-bond donors (Lipinski definition) is 2. The predicted octanol–water partition coefficient (Wildman–Crippen LogP) is 1.50. The van der Waals surface area contributed by atoms with Gasteiger partial charge in [0.2, 0.25) is 0 Å². The van der Waals surface area contributed by atoms with Gasteiger partial charge in [0.05, 0.1) is 6.10 Å². The Bertz CT molecular complexity index is 399. The quantitative estimate of drug-likeness (QED) is 0.748. The molecule has 0 radical (unpaired) electrons. The van der Waals surface area contributed by atoms with E-state index in [1.807, 2.05) is 30.3 Å². The van der Waals surface area contributed by atoms with Crippen molar-refractivity contribution >= 4 is 0 Å². The lowest BCUT2D eigenvalue weighted by atomic mass is 10.1. The van der Waals surface area contributed by atoms with Gasteiger partial charge in [-0.3, -0.25) is 4.90 Å². The first-order valence-electron chi connectivity index (χ1n) is 8.01. The molecule has 1 aromatic rings. The highest BCUT2D eigenvalue weighted by Gasteiger charge is 2.25. The monoisotopic (exact) mass is 292 g/mol. The predicted molar refractivity (Wildman–Crippen MR) is 85.2 cm³/mol. The van der Waals surface area contributed by atoms with Crippen LogP contribution in [0.5, 0.6) is 0 Å². The zero-order valence-electron chi connectivity index (χ0n) is 13.0. The second kappa shape index (κ2) is 8.49. The summed E-state index contributed by atoms with van der Waals surface area (Å²) >= 11 is 0. The first kappa shape index (κ1) is 16.4. The van der Waals surface area contributed by atoms with Crippen LogP contribution in [0.4, 0.5) is 0 Å². The van der Waals surface area contributed by atoms with Crippen LogP contribution in [-0.2, 0) is 0 Å². The summed E-state index contributed by atoms with van der Waals surface area (Å²) < 4.78 is 0. The van der Waals surface area contributed by atoms with E-state index in [1.165, 1.54) is 0 Å². The number of nitrogens with zero attached hydrogens (tertiary/aromatic N) is 2. The highest BCUT2D eigenvalue weighted by molar-refractivity contribution is 5.17. The molecule has 4 heteroatoms. The van der Waals surface area contributed by atoms with E-state index < -0.39 is 6.10 Å². The maximum atomic E-state index is 10.3. The van der Waals surface area contributed by atoms with E-state index in [-0.39, 0.29) is 0 Å². The van der Waals surface area contributed by atoms with Gasteiger partial charge >= 0.3 is 0 Å². The Morgan fingerprint density at radius 1 is 1.19 bits per heavy atom. The van der Waals surface area contributed by atoms with Gasteiger partial charge in [-0.25, -0.2) is 0 Å². The summed E-state index contributed by atoms with van der Waals surface area (Å²) in [5.41, 5.74) is 0.995. The van der Waals surface area contributed by atoms with Crippen molar-refractivity contribution in [3.63, 3.8) is 0 Å². The Morgan fingerprint density at radius 2 is 1.95 bits per heavy atom. The van der Waals surface area contributed by atoms with Crippen LogP contribution in [0, 0.1) is 0 Å². The highest BCUT2D eigenvalue weighted by Crippen LogP contribution is 2.18. The molecule has 0 aromatic heterocycles. The smallest absolute Gasteiger partial charge is 0.0917 e. The van der Waals surface area contributed by atoms with Crippen LogP contribution in [0.25, 0.3) is 0 Å². The molecular formula is C17H28N2O2. The Kier molecular flexibility index (Phi) is 6.64. The van der Waals surface area contributed by atoms with Crippen LogP contribution in [0.15, 0.2) is 30.3 Å². The van der Waals surface area contributed by atoms with Gasteiger partial charge in [0, 0.05) is 38.8 Å². The summed E-state index contributed by atoms with van der Waals surface area (Å²) in [5, 5.41) is 19.2. The minimum atomic E-state index is -0.408. The highest BCUT2D eigenvalue weighted by atomic mass is 16.3. The lowest BCUT2D eigenvalue weighted by Gasteiger charge is -2.40. The van der Waals surface area contributed by atoms with Gasteiger partial charge in [-0.2, -0.15) is 0 Å². The molecule has 21 heavy (non-hydrogen) atoms. The number of aliphatic hydroxyl groups excluding tert-OH is 2. The Morgan fingerprint density at radius 3 is 2.62 bits per heavy atom. The van der Waals surface area contributed by atoms with E-state index >= 15 is 0 Å². The first-order valence-corrected chi connectivity index (χ1v) is 8.01. The minimum Gasteiger partial charge on any atom is -0.396 e. The van der Waals surface area contributed by atoms with Crippen molar-refractivity contribution in [3.8, 4) is 0 Å². The molecule has 1 aromatic carbocycles. The molecule has 1 saturated heterocycles. The van der Waals surface area contributed by atoms with Gasteiger partial charge in [0.15, 0.2) is 0 Å². The maximum absolute atomic E-state index is 10.3. The van der Waals surface area contributed by atoms with Crippen molar-refractivity contribution in [2.45, 2.75) is 31.9 Å². The molecule has 2 rings (SSSR count). The SMILES string of the molecule is CC1CN(CCCCO)CCN1CC(O)c1ccccc1. The van der Waals surface area contributed by atoms with Gasteiger partial charge < -0.3 is 15.1 Å². The summed E-state index contributed by atoms with van der Waals surface area (Å²) in [6.45, 7) is 7.40. The molecule has 0 amide bonds. The van der Waals surface area contributed by atoms with E-state index in [9.17, 15) is 5.11 Å². The second-order valence-corrected chi connectivity index (χ2v) is 6.00. The molecule has 2 unspecified atom stereocenters. The van der Waals surface area contributed by atoms with Crippen molar-refractivity contribution in [2.75, 3.05) is 39.3 Å². The molecule has 2 N–H and O–H groups in total. The largest absolute Gasteiger partial charge is 0.396 e. The van der Waals surface area contributed by atoms with Crippen molar-refractivity contribution in [1.29, 1.82) is 0 Å². The standard InChI is InChI=1S/C17H28N2O2/c1-15-13-18(9-5-6-12-20)10-11-19(15)14-17(21)16-7-3-2-4-8-16/h2-4,7-8,15,17,20-21H,5-6,9-14H2,1H3. The molecule has 118 valence electrons. The third kappa shape index (κ3) is 5.08. The molecule has 2 atom stereocenters. The fourth-order valence-electron chi connectivity index (χ4n) is 2.99. The Balaban J connectivity index is 1.78. The van der Waals surface area contributed by atoms with Gasteiger partial charge in [0.1, 0.15) is 0 Å². The van der Waals surface area contributed by atoms with Crippen molar-refractivity contribution in [1.82, 2.24) is 9.80 Å². The fourth-order valence-corrected chi connectivity index (χ4v) is 2.99. The minimum absolute atomic E-state index is 0.290. The number of benzene rings is 1. The first-order chi connectivity index (χ1) is 10.2. The number of β-amino-alcohol motifs (C(OH)–C–C–N with tert-alkyl or cyclic N) is 1. The molecule has 1 aliphatic rings. The molecule has 1 fully saturated rings. The number of piperazine rings is 1. The number of rotatable bonds is 7. The normalized spacial score (nSPS) is 22.3. The molecule has 1 heterocycles. The summed E-state index contributed by atoms with van der Waals surface area (Å²) in [6.07, 6.45) is 1.55. The van der Waals surface area contributed by atoms with E-state index in [4.69, 9.17) is 5.11 Å². The Labute approximate surface area is 128 Å². The summed E-state index contributed by atoms with van der Waals surface area (Å²) in [5.74, 6) is 0. The van der Waals surface area contributed by atoms with Crippen LogP contribution < -0.4 is 0 Å². The van der Waals surface area contributed by atoms with Crippen molar-refractivity contribution in [3.05, 3.63) is 35.9 Å². The van der Waals surface area contributed by atoms with Gasteiger partial charge in [-0.15, -0.1) is 0 Å². The van der Waals surface area contributed by atoms with Gasteiger partial charge in [-0.1, -0.05) is 30.3 Å². The summed E-state index contributed by atoms with van der Waals surface area (Å²) in [6, 6.07) is 10.4. The summed E-state index contributed by atoms with van der Waals surface area (Å²) in [7, 11) is 0. The number of unbranched alkanes of at least 4 members (excludes halogenated alkanes) is 1. The molecule has 0 bridgehead atoms. The van der Waals surface area contributed by atoms with Gasteiger partial charge in [0.25, 0.3) is 0 Å². The molecule has 0 aliphatic carbocycles. The number of aliphatic hydroxyl groups is 2. The fraction of sp³-hybridized carbons (Fsp3) is 0.647. The Hall–Kier alpha value is -0.940. The van der Waals surface area contributed by atoms with E-state index in [0.717, 1.165) is 44.6 Å². The lowest BCUT2D eigenvalue weighted by Crippen LogP contribution is -2.52.